The van der Waals surface area contributed by atoms with E-state index < -0.39 is 0 Å². The van der Waals surface area contributed by atoms with Crippen LogP contribution in [-0.2, 0) is 0 Å². The predicted molar refractivity (Wildman–Crippen MR) is 42.3 cm³/mol. The van der Waals surface area contributed by atoms with Crippen molar-refractivity contribution in [3.8, 4) is 0 Å². The normalized spacial score (nSPS) is 9.55. The summed E-state index contributed by atoms with van der Waals surface area (Å²) in [6, 6.07) is 0. The van der Waals surface area contributed by atoms with Crippen molar-refractivity contribution in [3.63, 3.8) is 0 Å². The second kappa shape index (κ2) is 3.29. The molecule has 0 saturated heterocycles. The summed E-state index contributed by atoms with van der Waals surface area (Å²) < 4.78 is 3.53. The van der Waals surface area contributed by atoms with E-state index in [4.69, 9.17) is 5.73 Å². The molecule has 60 valence electrons. The van der Waals surface area contributed by atoms with Crippen LogP contribution in [0.2, 0.25) is 0 Å². The number of anilines is 1. The Morgan fingerprint density at radius 1 is 1.82 bits per heavy atom. The summed E-state index contributed by atoms with van der Waals surface area (Å²) in [5.74, 6) is -0.265. The number of carbonyl (C=O) groups excluding carboxylic acids is 1. The lowest BCUT2D eigenvalue weighted by Gasteiger charge is -1.96. The number of nitrogens with two attached hydrogens (primary N) is 1. The van der Waals surface area contributed by atoms with Gasteiger partial charge in [-0.05, 0) is 6.92 Å². The van der Waals surface area contributed by atoms with Crippen LogP contribution in [-0.4, -0.2) is 22.0 Å². The Labute approximate surface area is 67.8 Å². The highest BCUT2D eigenvalue weighted by Gasteiger charge is 2.11. The number of nitrogens with one attached hydrogen (secondary N) is 1. The third-order valence-electron chi connectivity index (χ3n) is 1.07. The van der Waals surface area contributed by atoms with Crippen molar-refractivity contribution >= 4 is 22.4 Å². The molecule has 0 unspecified atom stereocenters. The summed E-state index contributed by atoms with van der Waals surface area (Å²) in [7, 11) is 0. The van der Waals surface area contributed by atoms with Gasteiger partial charge in [-0.3, -0.25) is 4.79 Å². The molecule has 5 nitrogen and oxygen atoms in total. The van der Waals surface area contributed by atoms with E-state index in [1.165, 1.54) is 0 Å². The maximum Gasteiger partial charge on any atom is 0.274 e. The molecule has 1 amide bonds. The molecule has 0 fully saturated rings. The van der Waals surface area contributed by atoms with Crippen molar-refractivity contribution in [1.82, 2.24) is 14.9 Å². The molecule has 1 aromatic rings. The van der Waals surface area contributed by atoms with E-state index in [0.29, 0.717) is 11.5 Å². The molecule has 0 aliphatic carbocycles. The third kappa shape index (κ3) is 1.64. The zero-order chi connectivity index (χ0) is 8.27. The van der Waals surface area contributed by atoms with Crippen molar-refractivity contribution in [2.75, 3.05) is 12.3 Å². The number of carbonyl (C=O) groups is 1. The second-order valence-corrected chi connectivity index (χ2v) is 2.63. The average molecular weight is 172 g/mol. The molecule has 11 heavy (non-hydrogen) atoms. The van der Waals surface area contributed by atoms with E-state index in [1.54, 1.807) is 0 Å². The molecule has 3 N–H and O–H groups in total. The fraction of sp³-hybridized carbons (Fsp3) is 0.400. The lowest BCUT2D eigenvalue weighted by Crippen LogP contribution is -2.23. The van der Waals surface area contributed by atoms with Crippen LogP contribution in [0.25, 0.3) is 0 Å². The summed E-state index contributed by atoms with van der Waals surface area (Å²) in [6.07, 6.45) is 0. The minimum atomic E-state index is -0.265. The Bertz CT molecular complexity index is 259. The van der Waals surface area contributed by atoms with E-state index in [9.17, 15) is 4.79 Å². The van der Waals surface area contributed by atoms with E-state index in [0.717, 1.165) is 11.5 Å². The maximum absolute atomic E-state index is 11.0. The minimum Gasteiger partial charge on any atom is -0.387 e. The minimum absolute atomic E-state index is 0.219. The molecule has 1 aromatic heterocycles. The van der Waals surface area contributed by atoms with Gasteiger partial charge in [-0.2, -0.15) is 0 Å². The Hall–Kier alpha value is -1.17. The van der Waals surface area contributed by atoms with Gasteiger partial charge < -0.3 is 11.1 Å². The lowest BCUT2D eigenvalue weighted by atomic mass is 10.4. The Balaban J connectivity index is 2.76. The highest BCUT2D eigenvalue weighted by molar-refractivity contribution is 7.10. The number of nitrogens with zero attached hydrogens (tertiary/aromatic N) is 2. The van der Waals surface area contributed by atoms with Crippen molar-refractivity contribution in [2.24, 2.45) is 0 Å². The molecule has 0 aromatic carbocycles. The Kier molecular flexibility index (Phi) is 2.37. The fourth-order valence-electron chi connectivity index (χ4n) is 0.599. The summed E-state index contributed by atoms with van der Waals surface area (Å²) in [5.41, 5.74) is 5.62. The standard InChI is InChI=1S/C5H8N4OS/c1-2-7-5(10)3-4(6)11-9-8-3/h2,6H2,1H3,(H,7,10). The lowest BCUT2D eigenvalue weighted by molar-refractivity contribution is 0.0952. The zero-order valence-electron chi connectivity index (χ0n) is 6.00. The molecule has 0 atom stereocenters. The predicted octanol–water partition coefficient (Wildman–Crippen LogP) is -0.130. The van der Waals surface area contributed by atoms with Crippen LogP contribution in [0, 0.1) is 0 Å². The molecule has 0 aliphatic rings. The van der Waals surface area contributed by atoms with Gasteiger partial charge in [0.1, 0.15) is 5.00 Å². The number of nitrogen functional groups attached to an aromatic ring is 1. The second-order valence-electron chi connectivity index (χ2n) is 1.85. The van der Waals surface area contributed by atoms with E-state index in [-0.39, 0.29) is 11.6 Å². The molecular weight excluding hydrogens is 164 g/mol. The van der Waals surface area contributed by atoms with Gasteiger partial charge in [0.15, 0.2) is 5.69 Å². The first-order valence-corrected chi connectivity index (χ1v) is 3.89. The Morgan fingerprint density at radius 2 is 2.55 bits per heavy atom. The van der Waals surface area contributed by atoms with E-state index in [2.05, 4.69) is 14.9 Å². The molecule has 0 saturated carbocycles. The van der Waals surface area contributed by atoms with Crippen LogP contribution < -0.4 is 11.1 Å². The van der Waals surface area contributed by atoms with Crippen molar-refractivity contribution in [1.29, 1.82) is 0 Å². The molecule has 0 radical (unpaired) electrons. The number of amides is 1. The molecule has 0 spiro atoms. The van der Waals surface area contributed by atoms with Crippen molar-refractivity contribution < 1.29 is 4.79 Å². The fourth-order valence-corrected chi connectivity index (χ4v) is 1.03. The SMILES string of the molecule is CCNC(=O)c1nnsc1N. The van der Waals surface area contributed by atoms with Gasteiger partial charge in [0.2, 0.25) is 0 Å². The summed E-state index contributed by atoms with van der Waals surface area (Å²) in [4.78, 5) is 11.0. The first-order valence-electron chi connectivity index (χ1n) is 3.11. The smallest absolute Gasteiger partial charge is 0.274 e. The largest absolute Gasteiger partial charge is 0.387 e. The highest BCUT2D eigenvalue weighted by Crippen LogP contribution is 2.11. The zero-order valence-corrected chi connectivity index (χ0v) is 6.81. The number of rotatable bonds is 2. The van der Waals surface area contributed by atoms with Gasteiger partial charge in [0.25, 0.3) is 5.91 Å². The molecule has 1 rings (SSSR count). The summed E-state index contributed by atoms with van der Waals surface area (Å²) in [5, 5.41) is 6.50. The van der Waals surface area contributed by atoms with Crippen LogP contribution in [0.1, 0.15) is 17.4 Å². The highest BCUT2D eigenvalue weighted by atomic mass is 32.1. The first-order chi connectivity index (χ1) is 5.25. The quantitative estimate of drug-likeness (QED) is 0.651. The van der Waals surface area contributed by atoms with Crippen molar-refractivity contribution in [3.05, 3.63) is 5.69 Å². The van der Waals surface area contributed by atoms with Gasteiger partial charge in [-0.1, -0.05) is 4.49 Å². The monoisotopic (exact) mass is 172 g/mol. The molecule has 0 aliphatic heterocycles. The van der Waals surface area contributed by atoms with Crippen LogP contribution in [0.15, 0.2) is 0 Å². The van der Waals surface area contributed by atoms with Crippen LogP contribution in [0.4, 0.5) is 5.00 Å². The molecule has 6 heteroatoms. The number of hydrogen-bond acceptors (Lipinski definition) is 5. The summed E-state index contributed by atoms with van der Waals surface area (Å²) >= 11 is 1.01. The van der Waals surface area contributed by atoms with Crippen LogP contribution in [0.5, 0.6) is 0 Å². The number of aromatic nitrogens is 2. The van der Waals surface area contributed by atoms with Crippen LogP contribution in [0.3, 0.4) is 0 Å². The third-order valence-corrected chi connectivity index (χ3v) is 1.62. The van der Waals surface area contributed by atoms with Gasteiger partial charge >= 0.3 is 0 Å². The van der Waals surface area contributed by atoms with Crippen molar-refractivity contribution in [2.45, 2.75) is 6.92 Å². The van der Waals surface area contributed by atoms with Crippen LogP contribution >= 0.6 is 11.5 Å². The first kappa shape index (κ1) is 7.93. The van der Waals surface area contributed by atoms with Gasteiger partial charge in [0.05, 0.1) is 0 Å². The number of hydrogen-bond donors (Lipinski definition) is 2. The Morgan fingerprint density at radius 3 is 3.00 bits per heavy atom. The van der Waals surface area contributed by atoms with Gasteiger partial charge in [-0.15, -0.1) is 5.10 Å². The van der Waals surface area contributed by atoms with E-state index in [1.807, 2.05) is 6.92 Å². The molecule has 0 bridgehead atoms. The molecule has 1 heterocycles. The van der Waals surface area contributed by atoms with E-state index >= 15 is 0 Å². The summed E-state index contributed by atoms with van der Waals surface area (Å²) in [6.45, 7) is 2.39. The maximum atomic E-state index is 11.0. The molecular formula is C5H8N4OS. The average Bonchev–Trinajstić information content (AvgIpc) is 2.36. The topological polar surface area (TPSA) is 80.9 Å². The van der Waals surface area contributed by atoms with Gasteiger partial charge in [-0.25, -0.2) is 0 Å². The van der Waals surface area contributed by atoms with Gasteiger partial charge in [0, 0.05) is 18.1 Å².